The fourth-order valence-electron chi connectivity index (χ4n) is 8.33. The molecule has 1 fully saturated rings. The second-order valence-corrected chi connectivity index (χ2v) is 16.8. The summed E-state index contributed by atoms with van der Waals surface area (Å²) in [5, 5.41) is 40.6. The first-order chi connectivity index (χ1) is 28.9. The number of para-hydroxylation sites is 1. The number of aromatic nitrogens is 5. The maximum atomic E-state index is 14.1. The number of aromatic hydroxyl groups is 1. The molecule has 0 spiro atoms. The van der Waals surface area contributed by atoms with Gasteiger partial charge in [0.25, 0.3) is 5.88 Å². The van der Waals surface area contributed by atoms with Crippen LogP contribution in [0.4, 0.5) is 0 Å². The molecule has 6 aromatic rings. The molecular weight excluding hydrogens is 785 g/mol. The molecule has 1 saturated heterocycles. The molecule has 5 N–H and O–H groups in total. The quantitative estimate of drug-likeness (QED) is 0.0902. The minimum absolute atomic E-state index is 0.0185. The smallest absolute Gasteiger partial charge is 0.254 e. The summed E-state index contributed by atoms with van der Waals surface area (Å²) in [6.45, 7) is 7.99. The summed E-state index contributed by atoms with van der Waals surface area (Å²) in [5.74, 6) is -1.47. The summed E-state index contributed by atoms with van der Waals surface area (Å²) in [5.41, 5.74) is 8.61. The molecule has 1 aliphatic heterocycles. The van der Waals surface area contributed by atoms with Crippen molar-refractivity contribution < 1.29 is 33.9 Å². The molecule has 312 valence electrons. The van der Waals surface area contributed by atoms with Crippen molar-refractivity contribution in [1.29, 1.82) is 0 Å². The zero-order valence-electron chi connectivity index (χ0n) is 33.8. The van der Waals surface area contributed by atoms with Crippen LogP contribution in [-0.4, -0.2) is 90.0 Å². The summed E-state index contributed by atoms with van der Waals surface area (Å²) in [6.07, 6.45) is 1.15. The number of H-pyrrole nitrogens is 1. The van der Waals surface area contributed by atoms with Crippen LogP contribution in [-0.2, 0) is 27.2 Å². The van der Waals surface area contributed by atoms with Gasteiger partial charge >= 0.3 is 0 Å². The lowest BCUT2D eigenvalue weighted by Gasteiger charge is -2.29. The van der Waals surface area contributed by atoms with Crippen LogP contribution >= 0.6 is 11.3 Å². The van der Waals surface area contributed by atoms with Crippen LogP contribution < -0.4 is 15.4 Å². The number of nitrogens with one attached hydrogen (secondary N) is 3. The molecule has 2 aromatic carbocycles. The van der Waals surface area contributed by atoms with Crippen LogP contribution in [0.2, 0.25) is 0 Å². The van der Waals surface area contributed by atoms with E-state index in [4.69, 9.17) is 9.26 Å². The molecule has 3 amide bonds. The summed E-state index contributed by atoms with van der Waals surface area (Å²) in [4.78, 5) is 51.3. The van der Waals surface area contributed by atoms with E-state index < -0.39 is 18.1 Å². The predicted octanol–water partition coefficient (Wildman–Crippen LogP) is 5.63. The van der Waals surface area contributed by atoms with Crippen LogP contribution in [0.15, 0.2) is 70.7 Å². The number of amides is 3. The predicted molar refractivity (Wildman–Crippen MR) is 224 cm³/mol. The normalized spacial score (nSPS) is 18.6. The van der Waals surface area contributed by atoms with Gasteiger partial charge < -0.3 is 40.0 Å². The van der Waals surface area contributed by atoms with Crippen molar-refractivity contribution in [2.24, 2.45) is 11.8 Å². The third-order valence-corrected chi connectivity index (χ3v) is 12.5. The average molecular weight is 833 g/mol. The molecule has 15 nitrogen and oxygen atoms in total. The number of phenolic OH excluding ortho intramolecular Hbond substituents is 1. The molecule has 60 heavy (non-hydrogen) atoms. The highest BCUT2D eigenvalue weighted by Gasteiger charge is 2.43. The molecule has 0 unspecified atom stereocenters. The highest BCUT2D eigenvalue weighted by Crippen LogP contribution is 2.36. The number of aliphatic hydroxyl groups is 1. The summed E-state index contributed by atoms with van der Waals surface area (Å²) in [6, 6.07) is 17.2. The number of β-amino-alcohol motifs (C(OH)–C–C–N with tert-alkyl or cyclic N) is 1. The maximum Gasteiger partial charge on any atom is 0.254 e. The van der Waals surface area contributed by atoms with Crippen molar-refractivity contribution in [2.75, 3.05) is 19.7 Å². The molecule has 0 saturated carbocycles. The minimum Gasteiger partial charge on any atom is -0.507 e. The number of carbonyl (C=O) groups excluding carboxylic acids is 3. The van der Waals surface area contributed by atoms with E-state index in [1.165, 1.54) is 4.90 Å². The van der Waals surface area contributed by atoms with Gasteiger partial charge in [0.2, 0.25) is 17.7 Å². The molecule has 5 heterocycles. The molecule has 16 heteroatoms. The third kappa shape index (κ3) is 8.34. The highest BCUT2D eigenvalue weighted by atomic mass is 32.1. The Morgan fingerprint density at radius 3 is 2.62 bits per heavy atom. The molecule has 2 aliphatic rings. The lowest BCUT2D eigenvalue weighted by molar-refractivity contribution is -0.141. The number of hydrogen-bond donors (Lipinski definition) is 5. The number of phenols is 1. The van der Waals surface area contributed by atoms with E-state index >= 15 is 0 Å². The van der Waals surface area contributed by atoms with Crippen molar-refractivity contribution in [1.82, 2.24) is 40.9 Å². The van der Waals surface area contributed by atoms with Crippen LogP contribution in [0.5, 0.6) is 11.6 Å². The lowest BCUT2D eigenvalue weighted by atomic mass is 9.86. The van der Waals surface area contributed by atoms with Gasteiger partial charge in [0, 0.05) is 41.6 Å². The van der Waals surface area contributed by atoms with Crippen LogP contribution in [0.3, 0.4) is 0 Å². The van der Waals surface area contributed by atoms with Crippen molar-refractivity contribution in [3.63, 3.8) is 0 Å². The van der Waals surface area contributed by atoms with Gasteiger partial charge in [-0.25, -0.2) is 4.98 Å². The minimum atomic E-state index is -0.862. The number of fused-ring (bicyclic) bond motifs is 3. The summed E-state index contributed by atoms with van der Waals surface area (Å²) >= 11 is 1.58. The second kappa shape index (κ2) is 17.2. The number of rotatable bonds is 13. The van der Waals surface area contributed by atoms with E-state index in [-0.39, 0.29) is 79.1 Å². The molecule has 4 aromatic heterocycles. The van der Waals surface area contributed by atoms with Gasteiger partial charge in [-0.15, -0.1) is 21.5 Å². The second-order valence-electron chi connectivity index (χ2n) is 16.0. The Morgan fingerprint density at radius 1 is 1.07 bits per heavy atom. The Balaban J connectivity index is 0.848. The summed E-state index contributed by atoms with van der Waals surface area (Å²) in [7, 11) is 0. The third-order valence-electron chi connectivity index (χ3n) is 11.5. The van der Waals surface area contributed by atoms with Crippen LogP contribution in [0, 0.1) is 18.8 Å². The maximum absolute atomic E-state index is 14.1. The number of carbonyl (C=O) groups is 3. The number of aryl methyl sites for hydroxylation is 2. The number of thiazole rings is 1. The van der Waals surface area contributed by atoms with Gasteiger partial charge in [0.05, 0.1) is 40.5 Å². The van der Waals surface area contributed by atoms with Gasteiger partial charge in [0.15, 0.2) is 11.4 Å². The van der Waals surface area contributed by atoms with Gasteiger partial charge in [-0.3, -0.25) is 14.4 Å². The van der Waals surface area contributed by atoms with E-state index in [1.54, 1.807) is 35.6 Å². The summed E-state index contributed by atoms with van der Waals surface area (Å²) < 4.78 is 11.5. The number of aliphatic hydroxyl groups excluding tert-OH is 1. The van der Waals surface area contributed by atoms with Crippen molar-refractivity contribution >= 4 is 40.1 Å². The molecule has 5 atom stereocenters. The molecule has 8 rings (SSSR count). The molecule has 0 radical (unpaired) electrons. The fourth-order valence-corrected chi connectivity index (χ4v) is 9.14. The van der Waals surface area contributed by atoms with Gasteiger partial charge in [-0.1, -0.05) is 50.2 Å². The van der Waals surface area contributed by atoms with Gasteiger partial charge in [0.1, 0.15) is 24.3 Å². The number of aromatic amines is 1. The SMILES string of the molecule is Cc1ncsc1-c1ccc([C@H](C)NC(=O)[C@@H]2C[C@@H](O)CN2C(=O)[C@@H](c2cc(OCCNC(=O)[C@H]3CCc4[nH]c5nnc(-c6ccccc6O)cc5c4C3)no2)C(C)C)cc1. The lowest BCUT2D eigenvalue weighted by Crippen LogP contribution is -2.48. The Hall–Kier alpha value is -6.13. The fraction of sp³-hybridized carbons (Fsp3) is 0.386. The van der Waals surface area contributed by atoms with Crippen molar-refractivity contribution in [2.45, 2.75) is 77.5 Å². The number of hydrogen-bond acceptors (Lipinski definition) is 12. The first-order valence-electron chi connectivity index (χ1n) is 20.3. The Labute approximate surface area is 350 Å². The van der Waals surface area contributed by atoms with E-state index in [0.29, 0.717) is 36.2 Å². The molecular formula is C44H48N8O7S. The first kappa shape index (κ1) is 40.6. The number of ether oxygens (including phenoxy) is 1. The number of likely N-dealkylation sites (tertiary alicyclic amines) is 1. The largest absolute Gasteiger partial charge is 0.507 e. The Kier molecular flexibility index (Phi) is 11.7. The van der Waals surface area contributed by atoms with Gasteiger partial charge in [-0.2, -0.15) is 0 Å². The first-order valence-corrected chi connectivity index (χ1v) is 21.1. The van der Waals surface area contributed by atoms with Crippen molar-refractivity contribution in [3.05, 3.63) is 94.4 Å². The van der Waals surface area contributed by atoms with E-state index in [9.17, 15) is 24.6 Å². The number of nitrogens with zero attached hydrogens (tertiary/aromatic N) is 5. The van der Waals surface area contributed by atoms with Gasteiger partial charge in [-0.05, 0) is 79.1 Å². The standard InChI is InChI=1S/C44H48N8O7S/c1-23(2)39(44(57)52-21-29(53)18-35(52)43(56)47-24(3)26-9-11-27(12-10-26)40-25(4)46-22-60-40)37-20-38(51-59-37)58-16-15-45-42(55)28-13-14-33-31(17-28)32-19-34(49-50-41(32)48-33)30-7-5-6-8-36(30)54/h5-12,19-20,22-24,28-29,35,39,53-54H,13-18,21H2,1-4H3,(H,45,55)(H,47,56)(H,48,50)/t24-,28-,29+,35-,39+/m0/s1. The zero-order valence-corrected chi connectivity index (χ0v) is 34.7. The van der Waals surface area contributed by atoms with E-state index in [0.717, 1.165) is 38.3 Å². The van der Waals surface area contributed by atoms with Crippen LogP contribution in [0.1, 0.15) is 73.8 Å². The highest BCUT2D eigenvalue weighted by molar-refractivity contribution is 7.13. The van der Waals surface area contributed by atoms with E-state index in [1.807, 2.05) is 69.6 Å². The molecule has 0 bridgehead atoms. The van der Waals surface area contributed by atoms with E-state index in [2.05, 4.69) is 36.0 Å². The topological polar surface area (TPSA) is 209 Å². The Morgan fingerprint density at radius 2 is 1.87 bits per heavy atom. The number of benzene rings is 2. The molecule has 1 aliphatic carbocycles. The zero-order chi connectivity index (χ0) is 42.1. The van der Waals surface area contributed by atoms with Crippen LogP contribution in [0.25, 0.3) is 32.7 Å². The van der Waals surface area contributed by atoms with Crippen molar-refractivity contribution in [3.8, 4) is 33.3 Å². The monoisotopic (exact) mass is 832 g/mol. The Bertz CT molecular complexity index is 2510. The average Bonchev–Trinajstić information content (AvgIpc) is 4.05.